The highest BCUT2D eigenvalue weighted by molar-refractivity contribution is 8.00. The third-order valence-electron chi connectivity index (χ3n) is 2.66. The average molecular weight is 287 g/mol. The van der Waals surface area contributed by atoms with Crippen molar-refractivity contribution in [2.75, 3.05) is 18.7 Å². The maximum Gasteiger partial charge on any atom is 0.325 e. The quantitative estimate of drug-likeness (QED) is 0.774. The van der Waals surface area contributed by atoms with E-state index in [4.69, 9.17) is 0 Å². The van der Waals surface area contributed by atoms with Gasteiger partial charge in [0.15, 0.2) is 0 Å². The van der Waals surface area contributed by atoms with E-state index in [2.05, 4.69) is 4.74 Å². The number of benzene rings is 1. The van der Waals surface area contributed by atoms with Crippen molar-refractivity contribution in [1.82, 2.24) is 4.31 Å². The van der Waals surface area contributed by atoms with Crippen LogP contribution in [0.15, 0.2) is 35.2 Å². The van der Waals surface area contributed by atoms with Gasteiger partial charge in [0.1, 0.15) is 6.04 Å². The van der Waals surface area contributed by atoms with Gasteiger partial charge in [0.25, 0.3) is 0 Å². The standard InChI is InChI=1S/C11H13NO4S2/c1-16-11(13)10-7-17-8-12(10)18(14,15)9-5-3-2-4-6-9/h2-6,10H,7-8H2,1H3/t10-/m1/s1. The molecule has 0 saturated carbocycles. The van der Waals surface area contributed by atoms with E-state index in [1.165, 1.54) is 35.3 Å². The van der Waals surface area contributed by atoms with Gasteiger partial charge in [-0.25, -0.2) is 8.42 Å². The monoisotopic (exact) mass is 287 g/mol. The van der Waals surface area contributed by atoms with E-state index in [1.807, 2.05) is 0 Å². The fourth-order valence-corrected chi connectivity index (χ4v) is 4.86. The van der Waals surface area contributed by atoms with Gasteiger partial charge in [-0.1, -0.05) is 18.2 Å². The number of methoxy groups -OCH3 is 1. The number of ether oxygens (including phenoxy) is 1. The van der Waals surface area contributed by atoms with Crippen LogP contribution in [-0.2, 0) is 19.6 Å². The van der Waals surface area contributed by atoms with Crippen LogP contribution in [0, 0.1) is 0 Å². The number of hydrogen-bond acceptors (Lipinski definition) is 5. The van der Waals surface area contributed by atoms with Crippen LogP contribution < -0.4 is 0 Å². The van der Waals surface area contributed by atoms with E-state index in [-0.39, 0.29) is 10.8 Å². The Bertz CT molecular complexity index is 529. The van der Waals surface area contributed by atoms with Crippen molar-refractivity contribution in [3.05, 3.63) is 30.3 Å². The molecule has 1 heterocycles. The Morgan fingerprint density at radius 2 is 2.06 bits per heavy atom. The largest absolute Gasteiger partial charge is 0.468 e. The zero-order chi connectivity index (χ0) is 13.2. The summed E-state index contributed by atoms with van der Waals surface area (Å²) in [6.45, 7) is 0. The number of carbonyl (C=O) groups is 1. The van der Waals surface area contributed by atoms with Gasteiger partial charge < -0.3 is 4.74 Å². The molecule has 0 N–H and O–H groups in total. The molecule has 2 rings (SSSR count). The number of carbonyl (C=O) groups excluding carboxylic acids is 1. The van der Waals surface area contributed by atoms with Crippen molar-refractivity contribution >= 4 is 27.8 Å². The Morgan fingerprint density at radius 1 is 1.39 bits per heavy atom. The van der Waals surface area contributed by atoms with E-state index < -0.39 is 22.0 Å². The molecule has 0 bridgehead atoms. The van der Waals surface area contributed by atoms with Gasteiger partial charge in [0.05, 0.1) is 17.9 Å². The van der Waals surface area contributed by atoms with E-state index in [0.717, 1.165) is 0 Å². The first-order valence-corrected chi connectivity index (χ1v) is 7.89. The molecule has 1 aliphatic rings. The van der Waals surface area contributed by atoms with E-state index in [9.17, 15) is 13.2 Å². The summed E-state index contributed by atoms with van der Waals surface area (Å²) in [7, 11) is -2.37. The van der Waals surface area contributed by atoms with Gasteiger partial charge in [-0.3, -0.25) is 4.79 Å². The van der Waals surface area contributed by atoms with Gasteiger partial charge in [-0.15, -0.1) is 11.8 Å². The van der Waals surface area contributed by atoms with Crippen LogP contribution in [0.1, 0.15) is 0 Å². The van der Waals surface area contributed by atoms with Gasteiger partial charge in [-0.05, 0) is 12.1 Å². The summed E-state index contributed by atoms with van der Waals surface area (Å²) in [6.07, 6.45) is 0. The number of hydrogen-bond donors (Lipinski definition) is 0. The third kappa shape index (κ3) is 2.38. The molecular weight excluding hydrogens is 274 g/mol. The van der Waals surface area contributed by atoms with E-state index >= 15 is 0 Å². The lowest BCUT2D eigenvalue weighted by molar-refractivity contribution is -0.143. The molecule has 0 aromatic heterocycles. The molecule has 98 valence electrons. The second-order valence-corrected chi connectivity index (χ2v) is 6.63. The van der Waals surface area contributed by atoms with Crippen molar-refractivity contribution in [1.29, 1.82) is 0 Å². The summed E-state index contributed by atoms with van der Waals surface area (Å²) in [6, 6.07) is 7.37. The van der Waals surface area contributed by atoms with Gasteiger partial charge in [-0.2, -0.15) is 4.31 Å². The first-order valence-electron chi connectivity index (χ1n) is 5.30. The molecule has 0 unspecified atom stereocenters. The van der Waals surface area contributed by atoms with Gasteiger partial charge in [0, 0.05) is 5.75 Å². The minimum Gasteiger partial charge on any atom is -0.468 e. The van der Waals surface area contributed by atoms with Crippen molar-refractivity contribution in [2.24, 2.45) is 0 Å². The van der Waals surface area contributed by atoms with Crippen LogP contribution in [0.2, 0.25) is 0 Å². The van der Waals surface area contributed by atoms with E-state index in [1.54, 1.807) is 18.2 Å². The van der Waals surface area contributed by atoms with Crippen LogP contribution in [0.5, 0.6) is 0 Å². The topological polar surface area (TPSA) is 63.7 Å². The Kier molecular flexibility index (Phi) is 3.94. The summed E-state index contributed by atoms with van der Waals surface area (Å²) < 4.78 is 30.6. The molecule has 1 aliphatic heterocycles. The van der Waals surface area contributed by atoms with Gasteiger partial charge >= 0.3 is 5.97 Å². The zero-order valence-electron chi connectivity index (χ0n) is 9.78. The second kappa shape index (κ2) is 5.29. The second-order valence-electron chi connectivity index (χ2n) is 3.74. The van der Waals surface area contributed by atoms with Crippen LogP contribution in [0.25, 0.3) is 0 Å². The molecule has 7 heteroatoms. The Hall–Kier alpha value is -1.05. The van der Waals surface area contributed by atoms with Crippen molar-refractivity contribution in [3.8, 4) is 0 Å². The molecular formula is C11H13NO4S2. The summed E-state index contributed by atoms with van der Waals surface area (Å²) >= 11 is 1.40. The van der Waals surface area contributed by atoms with Crippen LogP contribution in [-0.4, -0.2) is 43.5 Å². The maximum atomic E-state index is 12.4. The molecule has 1 fully saturated rings. The average Bonchev–Trinajstić information content (AvgIpc) is 2.89. The van der Waals surface area contributed by atoms with E-state index in [0.29, 0.717) is 5.75 Å². The predicted molar refractivity (Wildman–Crippen MR) is 68.6 cm³/mol. The molecule has 1 saturated heterocycles. The smallest absolute Gasteiger partial charge is 0.325 e. The first-order chi connectivity index (χ1) is 8.57. The lowest BCUT2D eigenvalue weighted by atomic mass is 10.3. The first kappa shape index (κ1) is 13.4. The molecule has 0 radical (unpaired) electrons. The molecule has 5 nitrogen and oxygen atoms in total. The maximum absolute atomic E-state index is 12.4. The number of sulfonamides is 1. The van der Waals surface area contributed by atoms with Crippen molar-refractivity contribution < 1.29 is 17.9 Å². The zero-order valence-corrected chi connectivity index (χ0v) is 11.4. The normalized spacial score (nSPS) is 20.8. The number of thioether (sulfide) groups is 1. The van der Waals surface area contributed by atoms with Crippen LogP contribution in [0.3, 0.4) is 0 Å². The highest BCUT2D eigenvalue weighted by atomic mass is 32.2. The lowest BCUT2D eigenvalue weighted by Crippen LogP contribution is -2.42. The highest BCUT2D eigenvalue weighted by Crippen LogP contribution is 2.28. The minimum atomic E-state index is -3.63. The molecule has 0 amide bonds. The van der Waals surface area contributed by atoms with Gasteiger partial charge in [0.2, 0.25) is 10.0 Å². The number of esters is 1. The summed E-state index contributed by atoms with van der Waals surface area (Å²) in [5, 5.41) is 0. The fraction of sp³-hybridized carbons (Fsp3) is 0.364. The molecule has 18 heavy (non-hydrogen) atoms. The fourth-order valence-electron chi connectivity index (χ4n) is 1.71. The van der Waals surface area contributed by atoms with Crippen LogP contribution >= 0.6 is 11.8 Å². The SMILES string of the molecule is COC(=O)[C@H]1CSCN1S(=O)(=O)c1ccccc1. The molecule has 1 aromatic rings. The molecule has 1 atom stereocenters. The van der Waals surface area contributed by atoms with Crippen LogP contribution in [0.4, 0.5) is 0 Å². The van der Waals surface area contributed by atoms with Crippen molar-refractivity contribution in [3.63, 3.8) is 0 Å². The Morgan fingerprint density at radius 3 is 2.67 bits per heavy atom. The Labute approximate surface area is 110 Å². The summed E-state index contributed by atoms with van der Waals surface area (Å²) in [4.78, 5) is 11.8. The minimum absolute atomic E-state index is 0.196. The Balaban J connectivity index is 2.33. The predicted octanol–water partition coefficient (Wildman–Crippen LogP) is 0.923. The molecule has 0 spiro atoms. The summed E-state index contributed by atoms with van der Waals surface area (Å²) in [5.74, 6) is 0.190. The third-order valence-corrected chi connectivity index (χ3v) is 5.71. The highest BCUT2D eigenvalue weighted by Gasteiger charge is 2.40. The number of rotatable bonds is 3. The summed E-state index contributed by atoms with van der Waals surface area (Å²) in [5.41, 5.74) is 0. The molecule has 0 aliphatic carbocycles. The lowest BCUT2D eigenvalue weighted by Gasteiger charge is -2.21. The molecule has 1 aromatic carbocycles. The number of nitrogens with zero attached hydrogens (tertiary/aromatic N) is 1. The van der Waals surface area contributed by atoms with Crippen molar-refractivity contribution in [2.45, 2.75) is 10.9 Å².